The first kappa shape index (κ1) is 27.0. The maximum atomic E-state index is 14.0. The first-order valence-electron chi connectivity index (χ1n) is 12.6. The number of halogens is 2. The summed E-state index contributed by atoms with van der Waals surface area (Å²) in [6, 6.07) is 11.5. The van der Waals surface area contributed by atoms with Crippen LogP contribution in [0.4, 0.5) is 0 Å². The molecule has 38 heavy (non-hydrogen) atoms. The number of hydrogen-bond acceptors (Lipinski definition) is 6. The van der Waals surface area contributed by atoms with E-state index in [1.54, 1.807) is 42.5 Å². The molecule has 2 saturated heterocycles. The van der Waals surface area contributed by atoms with E-state index >= 15 is 0 Å². The molecule has 1 aromatic heterocycles. The van der Waals surface area contributed by atoms with Crippen molar-refractivity contribution in [1.29, 1.82) is 0 Å². The molecule has 1 amide bonds. The summed E-state index contributed by atoms with van der Waals surface area (Å²) in [5.41, 5.74) is -0.243. The Labute approximate surface area is 230 Å². The summed E-state index contributed by atoms with van der Waals surface area (Å²) < 4.78 is 36.3. The minimum Gasteiger partial charge on any atom is -0.490 e. The summed E-state index contributed by atoms with van der Waals surface area (Å²) in [6.45, 7) is 2.01. The highest BCUT2D eigenvalue weighted by Crippen LogP contribution is 2.34. The zero-order valence-corrected chi connectivity index (χ0v) is 22.9. The normalized spacial score (nSPS) is 22.7. The van der Waals surface area contributed by atoms with Crippen molar-refractivity contribution in [2.45, 2.75) is 37.8 Å². The third-order valence-corrected chi connectivity index (χ3v) is 10.4. The third-order valence-electron chi connectivity index (χ3n) is 7.58. The number of fused-ring (bicyclic) bond motifs is 1. The van der Waals surface area contributed by atoms with Gasteiger partial charge < -0.3 is 15.0 Å². The molecule has 3 heterocycles. The molecule has 202 valence electrons. The first-order chi connectivity index (χ1) is 18.2. The SMILES string of the molecule is O=C(NS(=O)(=O)[N+]1(C2CCNCC2)CCC(Oc2ccc(Cl)c(Cl)c2)CC1)c1c[nH]c(=O)c2ccccc12. The summed E-state index contributed by atoms with van der Waals surface area (Å²) in [4.78, 5) is 28.1. The Morgan fingerprint density at radius 1 is 0.974 bits per heavy atom. The molecule has 2 aliphatic rings. The zero-order valence-electron chi connectivity index (χ0n) is 20.6. The van der Waals surface area contributed by atoms with Crippen LogP contribution < -0.4 is 20.3 Å². The molecule has 0 aliphatic carbocycles. The molecule has 0 unspecified atom stereocenters. The quantitative estimate of drug-likeness (QED) is 0.384. The number of benzene rings is 2. The number of piperidine rings is 2. The lowest BCUT2D eigenvalue weighted by molar-refractivity contribution is -0.841. The number of aromatic nitrogens is 1. The van der Waals surface area contributed by atoms with Gasteiger partial charge in [-0.2, -0.15) is 12.3 Å². The van der Waals surface area contributed by atoms with E-state index in [1.165, 1.54) is 6.20 Å². The number of quaternary nitrogens is 1. The van der Waals surface area contributed by atoms with Crippen LogP contribution in [0.3, 0.4) is 0 Å². The largest absolute Gasteiger partial charge is 0.490 e. The Morgan fingerprint density at radius 2 is 1.66 bits per heavy atom. The van der Waals surface area contributed by atoms with Gasteiger partial charge >= 0.3 is 10.2 Å². The number of carbonyl (C=O) groups is 1. The molecule has 5 rings (SSSR count). The Balaban J connectivity index is 1.40. The molecule has 3 aromatic rings. The van der Waals surface area contributed by atoms with Crippen LogP contribution >= 0.6 is 23.2 Å². The van der Waals surface area contributed by atoms with Gasteiger partial charge in [-0.1, -0.05) is 41.4 Å². The monoisotopic (exact) mass is 579 g/mol. The van der Waals surface area contributed by atoms with Crippen molar-refractivity contribution in [3.05, 3.63) is 74.6 Å². The molecular formula is C26H29Cl2N4O5S+. The number of rotatable bonds is 6. The lowest BCUT2D eigenvalue weighted by atomic mass is 9.99. The molecule has 0 spiro atoms. The van der Waals surface area contributed by atoms with Crippen LogP contribution in [0.2, 0.25) is 10.0 Å². The van der Waals surface area contributed by atoms with E-state index in [0.717, 1.165) is 0 Å². The Bertz CT molecular complexity index is 1510. The fourth-order valence-corrected chi connectivity index (χ4v) is 7.69. The van der Waals surface area contributed by atoms with Gasteiger partial charge in [0.05, 0.1) is 28.7 Å². The Morgan fingerprint density at radius 3 is 2.34 bits per heavy atom. The van der Waals surface area contributed by atoms with Crippen molar-refractivity contribution in [1.82, 2.24) is 15.0 Å². The fraction of sp³-hybridized carbons (Fsp3) is 0.385. The van der Waals surface area contributed by atoms with Gasteiger partial charge in [0.1, 0.15) is 17.9 Å². The molecule has 2 fully saturated rings. The van der Waals surface area contributed by atoms with E-state index in [1.807, 2.05) is 0 Å². The van der Waals surface area contributed by atoms with Gasteiger partial charge in [0.25, 0.3) is 11.5 Å². The molecule has 0 saturated carbocycles. The van der Waals surface area contributed by atoms with Crippen LogP contribution in [0.15, 0.2) is 53.5 Å². The average molecular weight is 581 g/mol. The average Bonchev–Trinajstić information content (AvgIpc) is 2.92. The van der Waals surface area contributed by atoms with Crippen molar-refractivity contribution in [3.63, 3.8) is 0 Å². The van der Waals surface area contributed by atoms with Crippen molar-refractivity contribution in [2.24, 2.45) is 0 Å². The van der Waals surface area contributed by atoms with E-state index < -0.39 is 16.1 Å². The molecule has 2 aliphatic heterocycles. The highest BCUT2D eigenvalue weighted by molar-refractivity contribution is 7.84. The van der Waals surface area contributed by atoms with Crippen LogP contribution in [0.1, 0.15) is 36.0 Å². The second-order valence-corrected chi connectivity index (χ2v) is 12.5. The zero-order chi connectivity index (χ0) is 26.9. The Hall–Kier alpha value is -2.63. The number of aromatic amines is 1. The number of amides is 1. The van der Waals surface area contributed by atoms with E-state index in [2.05, 4.69) is 15.0 Å². The van der Waals surface area contributed by atoms with Crippen LogP contribution in [0.25, 0.3) is 10.8 Å². The summed E-state index contributed by atoms with van der Waals surface area (Å²) in [5, 5.41) is 4.83. The van der Waals surface area contributed by atoms with E-state index in [-0.39, 0.29) is 27.2 Å². The summed E-state index contributed by atoms with van der Waals surface area (Å²) in [6.07, 6.45) is 3.39. The number of nitrogens with one attached hydrogen (secondary N) is 3. The number of pyridine rings is 1. The van der Waals surface area contributed by atoms with Gasteiger partial charge in [-0.3, -0.25) is 9.59 Å². The van der Waals surface area contributed by atoms with Gasteiger partial charge in [0.15, 0.2) is 0 Å². The van der Waals surface area contributed by atoms with E-state index in [9.17, 15) is 18.0 Å². The predicted octanol–water partition coefficient (Wildman–Crippen LogP) is 3.62. The van der Waals surface area contributed by atoms with Crippen LogP contribution in [-0.2, 0) is 10.2 Å². The number of likely N-dealkylation sites (tertiary alicyclic amines) is 1. The van der Waals surface area contributed by atoms with Gasteiger partial charge in [0.2, 0.25) is 0 Å². The summed E-state index contributed by atoms with van der Waals surface area (Å²) in [7, 11) is -4.16. The molecule has 0 radical (unpaired) electrons. The van der Waals surface area contributed by atoms with E-state index in [0.29, 0.717) is 78.4 Å². The van der Waals surface area contributed by atoms with Gasteiger partial charge in [-0.25, -0.2) is 4.72 Å². The molecular weight excluding hydrogens is 551 g/mol. The molecule has 0 atom stereocenters. The minimum atomic E-state index is -4.16. The number of ether oxygens (including phenoxy) is 1. The van der Waals surface area contributed by atoms with Crippen LogP contribution in [-0.4, -0.2) is 61.5 Å². The van der Waals surface area contributed by atoms with Crippen molar-refractivity contribution in [3.8, 4) is 5.75 Å². The maximum absolute atomic E-state index is 14.0. The van der Waals surface area contributed by atoms with Gasteiger partial charge in [-0.05, 0) is 18.2 Å². The smallest absolute Gasteiger partial charge is 0.396 e. The van der Waals surface area contributed by atoms with Gasteiger partial charge in [-0.15, -0.1) is 0 Å². The molecule has 0 bridgehead atoms. The van der Waals surface area contributed by atoms with Crippen molar-refractivity contribution < 1.29 is 21.8 Å². The third kappa shape index (κ3) is 5.15. The Kier molecular flexibility index (Phi) is 7.70. The number of carbonyl (C=O) groups excluding carboxylic acids is 1. The topological polar surface area (TPSA) is 117 Å². The molecule has 12 heteroatoms. The fourth-order valence-electron chi connectivity index (χ4n) is 5.58. The first-order valence-corrected chi connectivity index (χ1v) is 14.8. The lowest BCUT2D eigenvalue weighted by Crippen LogP contribution is -2.68. The van der Waals surface area contributed by atoms with Crippen molar-refractivity contribution in [2.75, 3.05) is 26.2 Å². The minimum absolute atomic E-state index is 0.102. The lowest BCUT2D eigenvalue weighted by Gasteiger charge is -2.47. The molecule has 2 aromatic carbocycles. The summed E-state index contributed by atoms with van der Waals surface area (Å²) >= 11 is 12.1. The number of nitrogens with zero attached hydrogens (tertiary/aromatic N) is 1. The maximum Gasteiger partial charge on any atom is 0.396 e. The highest BCUT2D eigenvalue weighted by Gasteiger charge is 2.52. The highest BCUT2D eigenvalue weighted by atomic mass is 35.5. The number of H-pyrrole nitrogens is 1. The molecule has 9 nitrogen and oxygen atoms in total. The van der Waals surface area contributed by atoms with Crippen LogP contribution in [0, 0.1) is 0 Å². The second kappa shape index (κ2) is 10.9. The standard InChI is InChI=1S/C26H28Cl2N4O5S/c27-23-6-5-19(15-24(23)28)37-18-9-13-32(14-10-18,17-7-11-29-12-8-17)38(35,36)31-26(34)22-16-30-25(33)21-4-2-1-3-20(21)22/h1-6,15-18,29H,7-14H2,(H-,30,31,33,34)/p+1. The second-order valence-electron chi connectivity index (χ2n) is 9.76. The molecule has 3 N–H and O–H groups in total. The van der Waals surface area contributed by atoms with Gasteiger partial charge in [0, 0.05) is 61.8 Å². The number of hydrogen-bond donors (Lipinski definition) is 3. The summed E-state index contributed by atoms with van der Waals surface area (Å²) in [5.74, 6) is -0.189. The van der Waals surface area contributed by atoms with E-state index in [4.69, 9.17) is 27.9 Å². The predicted molar refractivity (Wildman–Crippen MR) is 147 cm³/mol. The van der Waals surface area contributed by atoms with Crippen molar-refractivity contribution >= 4 is 50.1 Å². The van der Waals surface area contributed by atoms with Crippen LogP contribution in [0.5, 0.6) is 5.75 Å².